The van der Waals surface area contributed by atoms with Crippen LogP contribution in [0.2, 0.25) is 0 Å². The van der Waals surface area contributed by atoms with Gasteiger partial charge in [0.25, 0.3) is 0 Å². The zero-order chi connectivity index (χ0) is 39.8. The van der Waals surface area contributed by atoms with Gasteiger partial charge >= 0.3 is 0 Å². The standard InChI is InChI=1S/C57H36O3/c58-40-22-19-31-25-37(16-13-34(31)28-40)49-43-7-1-4-10-46(43)52-55(49)53-47-11-5-2-8-44(47)51(39-18-15-36-30-42(60)24-21-33(36)27-39)57(53)54-48-12-6-3-9-45(48)50(56(52)54)38-17-14-35-29-41(59)23-20-32(35)26-38/h1-30,49-51,58-60H. The van der Waals surface area contributed by atoms with Crippen LogP contribution in [0.1, 0.15) is 67.8 Å². The second-order valence-corrected chi connectivity index (χ2v) is 16.8. The van der Waals surface area contributed by atoms with Crippen LogP contribution < -0.4 is 0 Å². The van der Waals surface area contributed by atoms with Gasteiger partial charge in [0.2, 0.25) is 0 Å². The van der Waals surface area contributed by atoms with Crippen LogP contribution in [0, 0.1) is 0 Å². The third-order valence-electron chi connectivity index (χ3n) is 13.6. The van der Waals surface area contributed by atoms with Gasteiger partial charge in [-0.05, 0) is 152 Å². The predicted octanol–water partition coefficient (Wildman–Crippen LogP) is 13.7. The molecule has 60 heavy (non-hydrogen) atoms. The molecular weight excluding hydrogens is 733 g/mol. The van der Waals surface area contributed by atoms with Crippen LogP contribution >= 0.6 is 0 Å². The molecule has 0 bridgehead atoms. The van der Waals surface area contributed by atoms with E-state index in [0.717, 1.165) is 32.3 Å². The Morgan fingerprint density at radius 3 is 0.850 bits per heavy atom. The first kappa shape index (κ1) is 33.4. The molecule has 10 aromatic rings. The van der Waals surface area contributed by atoms with E-state index in [9.17, 15) is 15.3 Å². The molecule has 0 fully saturated rings. The van der Waals surface area contributed by atoms with Gasteiger partial charge in [-0.1, -0.05) is 146 Å². The average molecular weight is 769 g/mol. The van der Waals surface area contributed by atoms with Gasteiger partial charge in [0.1, 0.15) is 17.2 Å². The van der Waals surface area contributed by atoms with Crippen molar-refractivity contribution in [3.8, 4) is 50.6 Å². The molecule has 3 aliphatic rings. The minimum Gasteiger partial charge on any atom is -0.508 e. The van der Waals surface area contributed by atoms with Crippen molar-refractivity contribution < 1.29 is 15.3 Å². The molecule has 3 aliphatic carbocycles. The summed E-state index contributed by atoms with van der Waals surface area (Å²) in [7, 11) is 0. The van der Waals surface area contributed by atoms with Crippen molar-refractivity contribution in [3.05, 3.63) is 232 Å². The second-order valence-electron chi connectivity index (χ2n) is 16.8. The van der Waals surface area contributed by atoms with Crippen LogP contribution in [0.5, 0.6) is 17.2 Å². The number of hydrogen-bond acceptors (Lipinski definition) is 3. The minimum absolute atomic E-state index is 0.0382. The van der Waals surface area contributed by atoms with Crippen LogP contribution in [0.15, 0.2) is 182 Å². The summed E-state index contributed by atoms with van der Waals surface area (Å²) in [6, 6.07) is 64.3. The normalized spacial score (nSPS) is 16.7. The minimum atomic E-state index is -0.0382. The summed E-state index contributed by atoms with van der Waals surface area (Å²) in [5.41, 5.74) is 19.5. The molecule has 13 rings (SSSR count). The maximum Gasteiger partial charge on any atom is 0.116 e. The Morgan fingerprint density at radius 1 is 0.267 bits per heavy atom. The summed E-state index contributed by atoms with van der Waals surface area (Å²) >= 11 is 0. The zero-order valence-electron chi connectivity index (χ0n) is 32.4. The molecule has 0 saturated carbocycles. The highest BCUT2D eigenvalue weighted by Gasteiger charge is 2.47. The Labute approximate surface area is 346 Å². The molecule has 3 unspecified atom stereocenters. The molecule has 0 aliphatic heterocycles. The lowest BCUT2D eigenvalue weighted by Gasteiger charge is -2.25. The van der Waals surface area contributed by atoms with Gasteiger partial charge in [-0.2, -0.15) is 0 Å². The first-order valence-corrected chi connectivity index (χ1v) is 20.7. The van der Waals surface area contributed by atoms with Gasteiger partial charge in [-0.3, -0.25) is 0 Å². The largest absolute Gasteiger partial charge is 0.508 e. The molecule has 3 N–H and O–H groups in total. The molecule has 0 aromatic heterocycles. The third kappa shape index (κ3) is 4.60. The van der Waals surface area contributed by atoms with E-state index < -0.39 is 0 Å². The first-order chi connectivity index (χ1) is 29.5. The maximum absolute atomic E-state index is 10.4. The van der Waals surface area contributed by atoms with E-state index in [2.05, 4.69) is 127 Å². The van der Waals surface area contributed by atoms with Gasteiger partial charge in [0, 0.05) is 17.8 Å². The predicted molar refractivity (Wildman–Crippen MR) is 242 cm³/mol. The maximum atomic E-state index is 10.4. The number of phenolic OH excluding ortho intramolecular Hbond substituents is 3. The van der Waals surface area contributed by atoms with Crippen molar-refractivity contribution in [2.45, 2.75) is 17.8 Å². The molecule has 0 radical (unpaired) electrons. The molecule has 3 nitrogen and oxygen atoms in total. The molecule has 0 amide bonds. The Bertz CT molecular complexity index is 3120. The summed E-state index contributed by atoms with van der Waals surface area (Å²) in [4.78, 5) is 0. The number of phenols is 3. The lowest BCUT2D eigenvalue weighted by molar-refractivity contribution is 0.475. The fourth-order valence-corrected chi connectivity index (χ4v) is 11.3. The fraction of sp³-hybridized carbons (Fsp3) is 0.0526. The summed E-state index contributed by atoms with van der Waals surface area (Å²) < 4.78 is 0. The summed E-state index contributed by atoms with van der Waals surface area (Å²) in [6.07, 6.45) is 0. The number of rotatable bonds is 3. The Balaban J connectivity index is 1.19. The van der Waals surface area contributed by atoms with Gasteiger partial charge in [0.15, 0.2) is 0 Å². The van der Waals surface area contributed by atoms with Crippen LogP contribution in [0.4, 0.5) is 0 Å². The molecule has 3 atom stereocenters. The molecule has 3 heteroatoms. The second kappa shape index (κ2) is 12.2. The van der Waals surface area contributed by atoms with E-state index in [0.29, 0.717) is 0 Å². The molecule has 10 aromatic carbocycles. The Kier molecular flexibility index (Phi) is 6.78. The van der Waals surface area contributed by atoms with Crippen LogP contribution in [-0.2, 0) is 0 Å². The topological polar surface area (TPSA) is 60.7 Å². The van der Waals surface area contributed by atoms with Crippen molar-refractivity contribution in [2.24, 2.45) is 0 Å². The van der Waals surface area contributed by atoms with E-state index in [1.807, 2.05) is 36.4 Å². The summed E-state index contributed by atoms with van der Waals surface area (Å²) in [6.45, 7) is 0. The van der Waals surface area contributed by atoms with Crippen LogP contribution in [0.25, 0.3) is 65.7 Å². The van der Waals surface area contributed by atoms with Gasteiger partial charge in [-0.25, -0.2) is 0 Å². The smallest absolute Gasteiger partial charge is 0.116 e. The molecule has 0 heterocycles. The van der Waals surface area contributed by atoms with Crippen molar-refractivity contribution >= 4 is 32.3 Å². The van der Waals surface area contributed by atoms with Gasteiger partial charge < -0.3 is 15.3 Å². The highest BCUT2D eigenvalue weighted by atomic mass is 16.3. The lowest BCUT2D eigenvalue weighted by atomic mass is 9.77. The number of benzene rings is 10. The first-order valence-electron chi connectivity index (χ1n) is 20.7. The van der Waals surface area contributed by atoms with Crippen molar-refractivity contribution in [3.63, 3.8) is 0 Å². The van der Waals surface area contributed by atoms with E-state index in [4.69, 9.17) is 0 Å². The summed E-state index contributed by atoms with van der Waals surface area (Å²) in [5.74, 6) is 0.689. The fourth-order valence-electron chi connectivity index (χ4n) is 11.3. The summed E-state index contributed by atoms with van der Waals surface area (Å²) in [5, 5.41) is 37.5. The van der Waals surface area contributed by atoms with Gasteiger partial charge in [-0.15, -0.1) is 0 Å². The van der Waals surface area contributed by atoms with E-state index in [-0.39, 0.29) is 35.0 Å². The number of fused-ring (bicyclic) bond motifs is 15. The Hall–Kier alpha value is -7.62. The molecular formula is C57H36O3. The third-order valence-corrected chi connectivity index (χ3v) is 13.6. The van der Waals surface area contributed by atoms with Crippen LogP contribution in [0.3, 0.4) is 0 Å². The highest BCUT2D eigenvalue weighted by Crippen LogP contribution is 2.66. The Morgan fingerprint density at radius 2 is 0.533 bits per heavy atom. The van der Waals surface area contributed by atoms with Crippen LogP contribution in [-0.4, -0.2) is 15.3 Å². The zero-order valence-corrected chi connectivity index (χ0v) is 32.4. The van der Waals surface area contributed by atoms with E-state index in [1.165, 1.54) is 83.5 Å². The molecule has 0 spiro atoms. The van der Waals surface area contributed by atoms with Gasteiger partial charge in [0.05, 0.1) is 0 Å². The van der Waals surface area contributed by atoms with Crippen molar-refractivity contribution in [1.82, 2.24) is 0 Å². The molecule has 282 valence electrons. The monoisotopic (exact) mass is 768 g/mol. The van der Waals surface area contributed by atoms with Crippen molar-refractivity contribution in [1.29, 1.82) is 0 Å². The van der Waals surface area contributed by atoms with E-state index >= 15 is 0 Å². The quantitative estimate of drug-likeness (QED) is 0.168. The number of aromatic hydroxyl groups is 3. The number of hydrogen-bond donors (Lipinski definition) is 3. The van der Waals surface area contributed by atoms with Crippen molar-refractivity contribution in [2.75, 3.05) is 0 Å². The van der Waals surface area contributed by atoms with E-state index in [1.54, 1.807) is 18.2 Å². The lowest BCUT2D eigenvalue weighted by Crippen LogP contribution is -2.08. The molecule has 0 saturated heterocycles. The average Bonchev–Trinajstić information content (AvgIpc) is 3.92. The SMILES string of the molecule is Oc1ccc2cc(C3c4ccccc4-c4c3c3c(c5c4C(c4ccc6cc(O)ccc6c4)c4ccccc4-5)C(c4ccc5cc(O)ccc5c4)c4ccccc4-3)ccc2c1. The highest BCUT2D eigenvalue weighted by molar-refractivity contribution is 6.05.